The van der Waals surface area contributed by atoms with E-state index in [1.54, 1.807) is 30.3 Å². The summed E-state index contributed by atoms with van der Waals surface area (Å²) in [5, 5.41) is 5.43. The molecule has 0 atom stereocenters. The van der Waals surface area contributed by atoms with E-state index in [-0.39, 0.29) is 37.6 Å². The van der Waals surface area contributed by atoms with Gasteiger partial charge in [0.25, 0.3) is 5.91 Å². The second kappa shape index (κ2) is 12.0. The highest BCUT2D eigenvalue weighted by atomic mass is 79.9. The number of hydrogen-bond donors (Lipinski definition) is 2. The first-order chi connectivity index (χ1) is 14.8. The molecule has 164 valence electrons. The van der Waals surface area contributed by atoms with Crippen LogP contribution in [0.2, 0.25) is 0 Å². The molecular weight excluding hydrogens is 464 g/mol. The van der Waals surface area contributed by atoms with E-state index >= 15 is 0 Å². The fourth-order valence-corrected chi connectivity index (χ4v) is 3.22. The minimum Gasteiger partial charge on any atom is -0.456 e. The van der Waals surface area contributed by atoms with Crippen molar-refractivity contribution >= 4 is 50.9 Å². The summed E-state index contributed by atoms with van der Waals surface area (Å²) >= 11 is 3.39. The van der Waals surface area contributed by atoms with Crippen LogP contribution >= 0.6 is 15.9 Å². The summed E-state index contributed by atoms with van der Waals surface area (Å²) in [6, 6.07) is 12.2. The standard InChI is InChI=1S/C23H25BrN2O5/c1-3-16-12-18(24)10-11-20(16)26-22(29)14-31-23(30)9-5-8-21(28)25-19-7-4-6-17(13-19)15(2)27/h4,6-7,10-13H,3,5,8-9,14H2,1-2H3,(H,25,28)(H,26,29). The molecule has 0 bridgehead atoms. The number of aryl methyl sites for hydroxylation is 1. The molecule has 31 heavy (non-hydrogen) atoms. The molecule has 0 aromatic heterocycles. The van der Waals surface area contributed by atoms with Crippen molar-refractivity contribution in [1.82, 2.24) is 0 Å². The quantitative estimate of drug-likeness (QED) is 0.378. The maximum atomic E-state index is 12.0. The minimum absolute atomic E-state index is 0.0205. The molecular formula is C23H25BrN2O5. The van der Waals surface area contributed by atoms with Crippen LogP contribution in [-0.2, 0) is 25.5 Å². The topological polar surface area (TPSA) is 102 Å². The summed E-state index contributed by atoms with van der Waals surface area (Å²) in [5.41, 5.74) is 2.68. The smallest absolute Gasteiger partial charge is 0.306 e. The summed E-state index contributed by atoms with van der Waals surface area (Å²) in [7, 11) is 0. The highest BCUT2D eigenvalue weighted by Gasteiger charge is 2.11. The van der Waals surface area contributed by atoms with Crippen molar-refractivity contribution in [3.05, 3.63) is 58.1 Å². The fourth-order valence-electron chi connectivity index (χ4n) is 2.81. The molecule has 0 fully saturated rings. The first-order valence-electron chi connectivity index (χ1n) is 9.93. The predicted molar refractivity (Wildman–Crippen MR) is 122 cm³/mol. The molecule has 2 amide bonds. The molecule has 2 rings (SSSR count). The third-order valence-electron chi connectivity index (χ3n) is 4.42. The van der Waals surface area contributed by atoms with Crippen LogP contribution in [0.25, 0.3) is 0 Å². The van der Waals surface area contributed by atoms with Gasteiger partial charge in [0.1, 0.15) is 0 Å². The van der Waals surface area contributed by atoms with E-state index in [1.807, 2.05) is 19.1 Å². The average molecular weight is 489 g/mol. The maximum Gasteiger partial charge on any atom is 0.306 e. The molecule has 0 saturated carbocycles. The number of ether oxygens (including phenoxy) is 1. The van der Waals surface area contributed by atoms with Gasteiger partial charge in [0.15, 0.2) is 12.4 Å². The first kappa shape index (κ1) is 24.3. The number of anilines is 2. The van der Waals surface area contributed by atoms with Crippen molar-refractivity contribution in [3.63, 3.8) is 0 Å². The number of esters is 1. The van der Waals surface area contributed by atoms with Crippen LogP contribution in [0.1, 0.15) is 49.0 Å². The number of benzene rings is 2. The lowest BCUT2D eigenvalue weighted by Crippen LogP contribution is -2.21. The van der Waals surface area contributed by atoms with Crippen molar-refractivity contribution in [1.29, 1.82) is 0 Å². The molecule has 2 N–H and O–H groups in total. The Balaban J connectivity index is 1.70. The Labute approximate surface area is 189 Å². The van der Waals surface area contributed by atoms with Crippen molar-refractivity contribution in [2.75, 3.05) is 17.2 Å². The average Bonchev–Trinajstić information content (AvgIpc) is 2.73. The largest absolute Gasteiger partial charge is 0.456 e. The third-order valence-corrected chi connectivity index (χ3v) is 4.92. The number of nitrogens with one attached hydrogen (secondary N) is 2. The normalized spacial score (nSPS) is 10.3. The lowest BCUT2D eigenvalue weighted by Gasteiger charge is -2.11. The van der Waals surface area contributed by atoms with Gasteiger partial charge in [-0.3, -0.25) is 19.2 Å². The van der Waals surface area contributed by atoms with E-state index in [4.69, 9.17) is 4.74 Å². The van der Waals surface area contributed by atoms with Gasteiger partial charge in [-0.05, 0) is 55.7 Å². The molecule has 0 aliphatic heterocycles. The fraction of sp³-hybridized carbons (Fsp3) is 0.304. The molecule has 0 saturated heterocycles. The maximum absolute atomic E-state index is 12.0. The van der Waals surface area contributed by atoms with E-state index in [9.17, 15) is 19.2 Å². The number of halogens is 1. The summed E-state index contributed by atoms with van der Waals surface area (Å²) < 4.78 is 5.91. The first-order valence-corrected chi connectivity index (χ1v) is 10.7. The molecule has 8 heteroatoms. The Morgan fingerprint density at radius 3 is 2.45 bits per heavy atom. The van der Waals surface area contributed by atoms with Crippen LogP contribution in [-0.4, -0.2) is 30.2 Å². The zero-order valence-electron chi connectivity index (χ0n) is 17.5. The number of rotatable bonds is 10. The van der Waals surface area contributed by atoms with Gasteiger partial charge < -0.3 is 15.4 Å². The molecule has 0 aliphatic carbocycles. The second-order valence-corrected chi connectivity index (χ2v) is 7.82. The number of carbonyl (C=O) groups excluding carboxylic acids is 4. The number of carbonyl (C=O) groups is 4. The third kappa shape index (κ3) is 8.33. The zero-order chi connectivity index (χ0) is 22.8. The Hall–Kier alpha value is -3.00. The van der Waals surface area contributed by atoms with Gasteiger partial charge in [-0.1, -0.05) is 35.0 Å². The van der Waals surface area contributed by atoms with Crippen LogP contribution in [0.3, 0.4) is 0 Å². The van der Waals surface area contributed by atoms with E-state index in [1.165, 1.54) is 6.92 Å². The van der Waals surface area contributed by atoms with E-state index in [2.05, 4.69) is 26.6 Å². The highest BCUT2D eigenvalue weighted by Crippen LogP contribution is 2.21. The summed E-state index contributed by atoms with van der Waals surface area (Å²) in [6.07, 6.45) is 1.17. The number of hydrogen-bond acceptors (Lipinski definition) is 5. The SMILES string of the molecule is CCc1cc(Br)ccc1NC(=O)COC(=O)CCCC(=O)Nc1cccc(C(C)=O)c1. The van der Waals surface area contributed by atoms with Crippen molar-refractivity contribution in [2.45, 2.75) is 39.5 Å². The Morgan fingerprint density at radius 2 is 1.74 bits per heavy atom. The Bertz CT molecular complexity index is 974. The zero-order valence-corrected chi connectivity index (χ0v) is 19.1. The van der Waals surface area contributed by atoms with Crippen LogP contribution in [0.5, 0.6) is 0 Å². The van der Waals surface area contributed by atoms with Gasteiger partial charge in [-0.15, -0.1) is 0 Å². The van der Waals surface area contributed by atoms with Gasteiger partial charge in [-0.2, -0.15) is 0 Å². The second-order valence-electron chi connectivity index (χ2n) is 6.90. The van der Waals surface area contributed by atoms with Crippen LogP contribution in [0.15, 0.2) is 46.9 Å². The Morgan fingerprint density at radius 1 is 0.968 bits per heavy atom. The van der Waals surface area contributed by atoms with E-state index < -0.39 is 11.9 Å². The van der Waals surface area contributed by atoms with Crippen molar-refractivity contribution in [2.24, 2.45) is 0 Å². The van der Waals surface area contributed by atoms with Crippen LogP contribution in [0.4, 0.5) is 11.4 Å². The lowest BCUT2D eigenvalue weighted by atomic mass is 10.1. The van der Waals surface area contributed by atoms with Gasteiger partial charge in [0, 0.05) is 34.3 Å². The number of amides is 2. The molecule has 0 spiro atoms. The summed E-state index contributed by atoms with van der Waals surface area (Å²) in [6.45, 7) is 3.05. The molecule has 2 aromatic carbocycles. The predicted octanol–water partition coefficient (Wildman–Crippen LogP) is 4.50. The lowest BCUT2D eigenvalue weighted by molar-refractivity contribution is -0.147. The molecule has 7 nitrogen and oxygen atoms in total. The molecule has 2 aromatic rings. The van der Waals surface area contributed by atoms with E-state index in [0.29, 0.717) is 16.9 Å². The summed E-state index contributed by atoms with van der Waals surface area (Å²) in [4.78, 5) is 47.3. The van der Waals surface area contributed by atoms with Crippen LogP contribution in [0, 0.1) is 0 Å². The highest BCUT2D eigenvalue weighted by molar-refractivity contribution is 9.10. The minimum atomic E-state index is -0.548. The van der Waals surface area contributed by atoms with Crippen LogP contribution < -0.4 is 10.6 Å². The molecule has 0 aliphatic rings. The summed E-state index contributed by atoms with van der Waals surface area (Å²) in [5.74, 6) is -1.33. The van der Waals surface area contributed by atoms with Gasteiger partial charge in [0.2, 0.25) is 5.91 Å². The number of Topliss-reactive ketones (excluding diaryl/α,β-unsaturated/α-hetero) is 1. The monoisotopic (exact) mass is 488 g/mol. The van der Waals surface area contributed by atoms with Crippen molar-refractivity contribution in [3.8, 4) is 0 Å². The van der Waals surface area contributed by atoms with Gasteiger partial charge >= 0.3 is 5.97 Å². The molecule has 0 radical (unpaired) electrons. The van der Waals surface area contributed by atoms with Crippen molar-refractivity contribution < 1.29 is 23.9 Å². The molecule has 0 heterocycles. The van der Waals surface area contributed by atoms with E-state index in [0.717, 1.165) is 16.5 Å². The Kier molecular flexibility index (Phi) is 9.40. The molecule has 0 unspecified atom stereocenters. The number of ketones is 1. The van der Waals surface area contributed by atoms with Gasteiger partial charge in [-0.25, -0.2) is 0 Å². The van der Waals surface area contributed by atoms with Gasteiger partial charge in [0.05, 0.1) is 0 Å².